The van der Waals surface area contributed by atoms with E-state index in [1.54, 1.807) is 5.38 Å². The van der Waals surface area contributed by atoms with Gasteiger partial charge in [-0.05, 0) is 31.6 Å². The Labute approximate surface area is 123 Å². The molecule has 0 amide bonds. The Morgan fingerprint density at radius 2 is 2.25 bits per heavy atom. The molecular formula is C14H22N2O3S. The number of carboxylic acid groups (broad SMARTS) is 1. The van der Waals surface area contributed by atoms with Gasteiger partial charge in [0.15, 0.2) is 0 Å². The fourth-order valence-corrected chi connectivity index (χ4v) is 3.36. The highest BCUT2D eigenvalue weighted by Crippen LogP contribution is 2.33. The van der Waals surface area contributed by atoms with Gasteiger partial charge in [-0.3, -0.25) is 0 Å². The van der Waals surface area contributed by atoms with E-state index < -0.39 is 11.6 Å². The van der Waals surface area contributed by atoms with Crippen molar-refractivity contribution in [2.45, 2.75) is 51.2 Å². The first kappa shape index (κ1) is 15.4. The van der Waals surface area contributed by atoms with Crippen molar-refractivity contribution >= 4 is 17.3 Å². The van der Waals surface area contributed by atoms with Gasteiger partial charge in [0.2, 0.25) is 5.01 Å². The van der Waals surface area contributed by atoms with Crippen LogP contribution in [-0.4, -0.2) is 33.3 Å². The van der Waals surface area contributed by atoms with Crippen LogP contribution in [0.5, 0.6) is 0 Å². The molecule has 1 fully saturated rings. The third kappa shape index (κ3) is 4.01. The van der Waals surface area contributed by atoms with Gasteiger partial charge in [0.25, 0.3) is 0 Å². The second-order valence-electron chi connectivity index (χ2n) is 5.63. The molecule has 1 aliphatic rings. The summed E-state index contributed by atoms with van der Waals surface area (Å²) in [5.74, 6) is -0.232. The lowest BCUT2D eigenvalue weighted by atomic mass is 9.78. The van der Waals surface area contributed by atoms with Crippen LogP contribution in [-0.2, 0) is 6.54 Å². The number of carboxylic acids is 1. The van der Waals surface area contributed by atoms with Crippen molar-refractivity contribution in [2.24, 2.45) is 5.92 Å². The first-order chi connectivity index (χ1) is 9.52. The first-order valence-corrected chi connectivity index (χ1v) is 8.01. The van der Waals surface area contributed by atoms with Crippen molar-refractivity contribution in [2.75, 3.05) is 6.54 Å². The number of aliphatic hydroxyl groups is 1. The minimum atomic E-state index is -0.988. The van der Waals surface area contributed by atoms with Crippen LogP contribution in [0.2, 0.25) is 0 Å². The molecule has 1 aromatic rings. The van der Waals surface area contributed by atoms with Crippen molar-refractivity contribution in [1.82, 2.24) is 10.3 Å². The second kappa shape index (κ2) is 6.65. The third-order valence-electron chi connectivity index (χ3n) is 4.11. The highest BCUT2D eigenvalue weighted by Gasteiger charge is 2.32. The summed E-state index contributed by atoms with van der Waals surface area (Å²) in [7, 11) is 0. The van der Waals surface area contributed by atoms with Gasteiger partial charge >= 0.3 is 5.97 Å². The minimum absolute atomic E-state index is 0.115. The Morgan fingerprint density at radius 3 is 2.80 bits per heavy atom. The number of nitrogens with zero attached hydrogens (tertiary/aromatic N) is 1. The Balaban J connectivity index is 1.76. The zero-order valence-electron chi connectivity index (χ0n) is 11.8. The third-order valence-corrected chi connectivity index (χ3v) is 4.99. The Bertz CT molecular complexity index is 453. The monoisotopic (exact) mass is 298 g/mol. The van der Waals surface area contributed by atoms with E-state index in [9.17, 15) is 9.90 Å². The SMILES string of the molecule is CCC1CCC(O)(CNCc2csc(C(=O)O)n2)CC1. The van der Waals surface area contributed by atoms with E-state index in [2.05, 4.69) is 17.2 Å². The largest absolute Gasteiger partial charge is 0.476 e. The van der Waals surface area contributed by atoms with Gasteiger partial charge in [0.05, 0.1) is 11.3 Å². The Kier molecular flexibility index (Phi) is 5.12. The summed E-state index contributed by atoms with van der Waals surface area (Å²) in [4.78, 5) is 14.7. The van der Waals surface area contributed by atoms with Crippen LogP contribution in [0.1, 0.15) is 54.5 Å². The number of rotatable bonds is 6. The average Bonchev–Trinajstić information content (AvgIpc) is 2.89. The number of carbonyl (C=O) groups is 1. The lowest BCUT2D eigenvalue weighted by Gasteiger charge is -2.36. The van der Waals surface area contributed by atoms with E-state index >= 15 is 0 Å². The highest BCUT2D eigenvalue weighted by molar-refractivity contribution is 7.11. The van der Waals surface area contributed by atoms with E-state index in [-0.39, 0.29) is 5.01 Å². The van der Waals surface area contributed by atoms with E-state index in [1.807, 2.05) is 0 Å². The maximum Gasteiger partial charge on any atom is 0.365 e. The van der Waals surface area contributed by atoms with Crippen molar-refractivity contribution in [3.05, 3.63) is 16.1 Å². The zero-order chi connectivity index (χ0) is 14.6. The summed E-state index contributed by atoms with van der Waals surface area (Å²) in [6, 6.07) is 0. The van der Waals surface area contributed by atoms with Gasteiger partial charge in [0, 0.05) is 18.5 Å². The topological polar surface area (TPSA) is 82.5 Å². The molecule has 5 nitrogen and oxygen atoms in total. The quantitative estimate of drug-likeness (QED) is 0.750. The maximum absolute atomic E-state index is 10.7. The van der Waals surface area contributed by atoms with Crippen LogP contribution < -0.4 is 5.32 Å². The van der Waals surface area contributed by atoms with E-state index in [0.717, 1.165) is 48.6 Å². The molecule has 0 atom stereocenters. The number of hydrogen-bond acceptors (Lipinski definition) is 5. The summed E-state index contributed by atoms with van der Waals surface area (Å²) in [6.45, 7) is 3.25. The highest BCUT2D eigenvalue weighted by atomic mass is 32.1. The molecule has 0 unspecified atom stereocenters. The zero-order valence-corrected chi connectivity index (χ0v) is 12.6. The summed E-state index contributed by atoms with van der Waals surface area (Å²) in [5, 5.41) is 24.3. The Hall–Kier alpha value is -0.980. The standard InChI is InChI=1S/C14H22N2O3S/c1-2-10-3-5-14(19,6-4-10)9-15-7-11-8-20-12(16-11)13(17)18/h8,10,15,19H,2-7,9H2,1H3,(H,17,18). The molecule has 0 aromatic carbocycles. The molecule has 0 aliphatic heterocycles. The van der Waals surface area contributed by atoms with Crippen LogP contribution >= 0.6 is 11.3 Å². The fraction of sp³-hybridized carbons (Fsp3) is 0.714. The molecule has 0 spiro atoms. The van der Waals surface area contributed by atoms with Crippen molar-refractivity contribution < 1.29 is 15.0 Å². The number of aromatic nitrogens is 1. The van der Waals surface area contributed by atoms with Crippen LogP contribution in [0, 0.1) is 5.92 Å². The van der Waals surface area contributed by atoms with Crippen molar-refractivity contribution in [3.8, 4) is 0 Å². The predicted octanol–water partition coefficient (Wildman–Crippen LogP) is 2.26. The lowest BCUT2D eigenvalue weighted by molar-refractivity contribution is -0.00886. The predicted molar refractivity (Wildman–Crippen MR) is 78.0 cm³/mol. The molecule has 1 heterocycles. The molecule has 20 heavy (non-hydrogen) atoms. The van der Waals surface area contributed by atoms with Gasteiger partial charge in [0.1, 0.15) is 0 Å². The Morgan fingerprint density at radius 1 is 1.55 bits per heavy atom. The second-order valence-corrected chi connectivity index (χ2v) is 6.49. The van der Waals surface area contributed by atoms with E-state index in [0.29, 0.717) is 13.1 Å². The van der Waals surface area contributed by atoms with Crippen LogP contribution in [0.15, 0.2) is 5.38 Å². The smallest absolute Gasteiger partial charge is 0.365 e. The van der Waals surface area contributed by atoms with Crippen LogP contribution in [0.25, 0.3) is 0 Å². The summed E-state index contributed by atoms with van der Waals surface area (Å²) < 4.78 is 0. The summed E-state index contributed by atoms with van der Waals surface area (Å²) in [5.41, 5.74) is 0.107. The van der Waals surface area contributed by atoms with Gasteiger partial charge in [-0.2, -0.15) is 0 Å². The van der Waals surface area contributed by atoms with Crippen LogP contribution in [0.4, 0.5) is 0 Å². The molecule has 3 N–H and O–H groups in total. The number of thiazole rings is 1. The van der Waals surface area contributed by atoms with Crippen molar-refractivity contribution in [3.63, 3.8) is 0 Å². The molecule has 0 saturated heterocycles. The van der Waals surface area contributed by atoms with Crippen LogP contribution in [0.3, 0.4) is 0 Å². The van der Waals surface area contributed by atoms with E-state index in [4.69, 9.17) is 5.11 Å². The van der Waals surface area contributed by atoms with E-state index in [1.165, 1.54) is 6.42 Å². The number of nitrogens with one attached hydrogen (secondary N) is 1. The lowest BCUT2D eigenvalue weighted by Crippen LogP contribution is -2.43. The molecule has 0 radical (unpaired) electrons. The summed E-state index contributed by atoms with van der Waals surface area (Å²) >= 11 is 1.13. The van der Waals surface area contributed by atoms with Gasteiger partial charge in [-0.25, -0.2) is 9.78 Å². The van der Waals surface area contributed by atoms with Crippen molar-refractivity contribution in [1.29, 1.82) is 0 Å². The summed E-state index contributed by atoms with van der Waals surface area (Å²) in [6.07, 6.45) is 5.06. The molecule has 1 aromatic heterocycles. The molecule has 2 rings (SSSR count). The number of aromatic carboxylic acids is 1. The number of hydrogen-bond donors (Lipinski definition) is 3. The molecule has 0 bridgehead atoms. The van der Waals surface area contributed by atoms with Gasteiger partial charge in [-0.1, -0.05) is 13.3 Å². The normalized spacial score (nSPS) is 26.6. The molecule has 112 valence electrons. The molecule has 6 heteroatoms. The van der Waals surface area contributed by atoms with Gasteiger partial charge in [-0.15, -0.1) is 11.3 Å². The molecular weight excluding hydrogens is 276 g/mol. The first-order valence-electron chi connectivity index (χ1n) is 7.13. The minimum Gasteiger partial charge on any atom is -0.476 e. The van der Waals surface area contributed by atoms with Gasteiger partial charge < -0.3 is 15.5 Å². The average molecular weight is 298 g/mol. The fourth-order valence-electron chi connectivity index (χ4n) is 2.71. The maximum atomic E-state index is 10.7. The molecule has 1 aliphatic carbocycles. The molecule has 1 saturated carbocycles.